The maximum atomic E-state index is 12.5. The third-order valence-corrected chi connectivity index (χ3v) is 4.24. The summed E-state index contributed by atoms with van der Waals surface area (Å²) in [6.07, 6.45) is 4.43. The second kappa shape index (κ2) is 4.36. The van der Waals surface area contributed by atoms with Crippen LogP contribution in [0, 0.1) is 5.92 Å². The van der Waals surface area contributed by atoms with Crippen molar-refractivity contribution in [1.82, 2.24) is 10.2 Å². The van der Waals surface area contributed by atoms with E-state index in [4.69, 9.17) is 0 Å². The fourth-order valence-corrected chi connectivity index (χ4v) is 3.10. The number of piperidine rings is 1. The number of nitrogens with one attached hydrogen (secondary N) is 1. The van der Waals surface area contributed by atoms with Crippen LogP contribution in [0.4, 0.5) is 0 Å². The normalized spacial score (nSPS) is 40.1. The Labute approximate surface area is 98.6 Å². The number of carbonyl (C=O) groups excluding carboxylic acids is 1. The van der Waals surface area contributed by atoms with Crippen molar-refractivity contribution in [3.05, 3.63) is 0 Å². The lowest BCUT2D eigenvalue weighted by molar-refractivity contribution is -0.141. The monoisotopic (exact) mass is 224 g/mol. The van der Waals surface area contributed by atoms with E-state index in [-0.39, 0.29) is 5.54 Å². The van der Waals surface area contributed by atoms with Gasteiger partial charge in [0.05, 0.1) is 5.54 Å². The van der Waals surface area contributed by atoms with E-state index in [9.17, 15) is 4.79 Å². The summed E-state index contributed by atoms with van der Waals surface area (Å²) >= 11 is 0. The highest BCUT2D eigenvalue weighted by atomic mass is 16.2. The average Bonchev–Trinajstić information content (AvgIpc) is 2.66. The highest BCUT2D eigenvalue weighted by Gasteiger charge is 2.41. The molecular weight excluding hydrogens is 200 g/mol. The van der Waals surface area contributed by atoms with Gasteiger partial charge in [-0.05, 0) is 52.0 Å². The molecule has 2 aliphatic rings. The highest BCUT2D eigenvalue weighted by Crippen LogP contribution is 2.27. The van der Waals surface area contributed by atoms with Crippen molar-refractivity contribution in [2.75, 3.05) is 13.1 Å². The lowest BCUT2D eigenvalue weighted by atomic mass is 9.90. The lowest BCUT2D eigenvalue weighted by Crippen LogP contribution is -2.57. The van der Waals surface area contributed by atoms with E-state index in [0.29, 0.717) is 11.9 Å². The van der Waals surface area contributed by atoms with Crippen molar-refractivity contribution in [3.8, 4) is 0 Å². The first-order chi connectivity index (χ1) is 7.53. The molecule has 1 N–H and O–H groups in total. The summed E-state index contributed by atoms with van der Waals surface area (Å²) in [7, 11) is 0. The Kier molecular flexibility index (Phi) is 3.24. The Morgan fingerprint density at radius 3 is 2.75 bits per heavy atom. The van der Waals surface area contributed by atoms with Crippen LogP contribution in [0.25, 0.3) is 0 Å². The SMILES string of the molecule is CC1CCN(C(=O)C2(C)CCCN2)C(C)C1. The predicted octanol–water partition coefficient (Wildman–Crippen LogP) is 1.78. The second-order valence-electron chi connectivity index (χ2n) is 5.84. The first-order valence-electron chi connectivity index (χ1n) is 6.59. The Balaban J connectivity index is 2.04. The van der Waals surface area contributed by atoms with Gasteiger partial charge in [0.25, 0.3) is 0 Å². The minimum atomic E-state index is -0.283. The molecule has 0 saturated carbocycles. The van der Waals surface area contributed by atoms with Gasteiger partial charge in [-0.1, -0.05) is 6.92 Å². The minimum Gasteiger partial charge on any atom is -0.338 e. The minimum absolute atomic E-state index is 0.283. The molecule has 3 nitrogen and oxygen atoms in total. The van der Waals surface area contributed by atoms with E-state index in [1.54, 1.807) is 0 Å². The van der Waals surface area contributed by atoms with Gasteiger partial charge in [0.1, 0.15) is 0 Å². The molecule has 3 heteroatoms. The van der Waals surface area contributed by atoms with Crippen LogP contribution >= 0.6 is 0 Å². The van der Waals surface area contributed by atoms with Crippen LogP contribution < -0.4 is 5.32 Å². The number of hydrogen-bond acceptors (Lipinski definition) is 2. The number of hydrogen-bond donors (Lipinski definition) is 1. The van der Waals surface area contributed by atoms with Crippen LogP contribution in [0.2, 0.25) is 0 Å². The van der Waals surface area contributed by atoms with Crippen molar-refractivity contribution in [2.45, 2.75) is 58.0 Å². The van der Waals surface area contributed by atoms with Gasteiger partial charge in [0.15, 0.2) is 0 Å². The highest BCUT2D eigenvalue weighted by molar-refractivity contribution is 5.86. The van der Waals surface area contributed by atoms with Gasteiger partial charge < -0.3 is 10.2 Å². The van der Waals surface area contributed by atoms with Gasteiger partial charge in [-0.3, -0.25) is 4.79 Å². The Hall–Kier alpha value is -0.570. The van der Waals surface area contributed by atoms with Gasteiger partial charge in [-0.2, -0.15) is 0 Å². The Morgan fingerprint density at radius 2 is 2.19 bits per heavy atom. The molecule has 0 aromatic rings. The van der Waals surface area contributed by atoms with E-state index in [0.717, 1.165) is 44.7 Å². The molecule has 3 unspecified atom stereocenters. The Bertz CT molecular complexity index is 271. The molecule has 16 heavy (non-hydrogen) atoms. The van der Waals surface area contributed by atoms with Gasteiger partial charge in [0.2, 0.25) is 5.91 Å². The second-order valence-corrected chi connectivity index (χ2v) is 5.84. The van der Waals surface area contributed by atoms with Gasteiger partial charge in [0, 0.05) is 12.6 Å². The number of carbonyl (C=O) groups is 1. The van der Waals surface area contributed by atoms with Crippen molar-refractivity contribution in [3.63, 3.8) is 0 Å². The van der Waals surface area contributed by atoms with Crippen molar-refractivity contribution in [2.24, 2.45) is 5.92 Å². The van der Waals surface area contributed by atoms with Crippen LogP contribution in [0.3, 0.4) is 0 Å². The zero-order valence-corrected chi connectivity index (χ0v) is 10.8. The topological polar surface area (TPSA) is 32.3 Å². The molecule has 0 spiro atoms. The molecule has 2 aliphatic heterocycles. The fourth-order valence-electron chi connectivity index (χ4n) is 3.10. The zero-order chi connectivity index (χ0) is 11.8. The van der Waals surface area contributed by atoms with Crippen molar-refractivity contribution >= 4 is 5.91 Å². The quantitative estimate of drug-likeness (QED) is 0.736. The van der Waals surface area contributed by atoms with Crippen molar-refractivity contribution in [1.29, 1.82) is 0 Å². The summed E-state index contributed by atoms with van der Waals surface area (Å²) < 4.78 is 0. The van der Waals surface area contributed by atoms with Crippen molar-refractivity contribution < 1.29 is 4.79 Å². The van der Waals surface area contributed by atoms with E-state index in [1.807, 2.05) is 0 Å². The summed E-state index contributed by atoms with van der Waals surface area (Å²) in [4.78, 5) is 14.6. The predicted molar refractivity (Wildman–Crippen MR) is 65.2 cm³/mol. The summed E-state index contributed by atoms with van der Waals surface area (Å²) in [6, 6.07) is 0.412. The molecule has 0 bridgehead atoms. The third-order valence-electron chi connectivity index (χ3n) is 4.24. The fraction of sp³-hybridized carbons (Fsp3) is 0.923. The number of nitrogens with zero attached hydrogens (tertiary/aromatic N) is 1. The standard InChI is InChI=1S/C13H24N2O/c1-10-5-8-15(11(2)9-10)12(16)13(3)6-4-7-14-13/h10-11,14H,4-9H2,1-3H3. The molecule has 0 aliphatic carbocycles. The molecule has 0 aromatic carbocycles. The molecule has 2 rings (SSSR count). The maximum Gasteiger partial charge on any atom is 0.242 e. The summed E-state index contributed by atoms with van der Waals surface area (Å²) in [6.45, 7) is 8.46. The average molecular weight is 224 g/mol. The van der Waals surface area contributed by atoms with Crippen LogP contribution in [0.1, 0.15) is 46.5 Å². The molecule has 0 radical (unpaired) electrons. The smallest absolute Gasteiger partial charge is 0.242 e. The van der Waals surface area contributed by atoms with E-state index in [1.165, 1.54) is 0 Å². The lowest BCUT2D eigenvalue weighted by Gasteiger charge is -2.40. The first kappa shape index (κ1) is 11.9. The van der Waals surface area contributed by atoms with E-state index in [2.05, 4.69) is 31.0 Å². The number of amides is 1. The van der Waals surface area contributed by atoms with Gasteiger partial charge >= 0.3 is 0 Å². The summed E-state index contributed by atoms with van der Waals surface area (Å²) in [5.74, 6) is 1.09. The van der Waals surface area contributed by atoms with Gasteiger partial charge in [-0.25, -0.2) is 0 Å². The number of likely N-dealkylation sites (tertiary alicyclic amines) is 1. The largest absolute Gasteiger partial charge is 0.338 e. The molecular formula is C13H24N2O. The summed E-state index contributed by atoms with van der Waals surface area (Å²) in [5.41, 5.74) is -0.283. The molecule has 2 saturated heterocycles. The molecule has 0 aromatic heterocycles. The van der Waals surface area contributed by atoms with Crippen LogP contribution in [0.5, 0.6) is 0 Å². The third kappa shape index (κ3) is 2.10. The molecule has 2 heterocycles. The van der Waals surface area contributed by atoms with E-state index < -0.39 is 0 Å². The van der Waals surface area contributed by atoms with Crippen LogP contribution in [-0.2, 0) is 4.79 Å². The molecule has 3 atom stereocenters. The molecule has 92 valence electrons. The Morgan fingerprint density at radius 1 is 1.44 bits per heavy atom. The summed E-state index contributed by atoms with van der Waals surface area (Å²) in [5, 5.41) is 3.37. The molecule has 2 fully saturated rings. The van der Waals surface area contributed by atoms with Crippen LogP contribution in [-0.4, -0.2) is 35.5 Å². The van der Waals surface area contributed by atoms with Crippen LogP contribution in [0.15, 0.2) is 0 Å². The number of rotatable bonds is 1. The zero-order valence-electron chi connectivity index (χ0n) is 10.8. The van der Waals surface area contributed by atoms with E-state index >= 15 is 0 Å². The molecule has 1 amide bonds. The first-order valence-corrected chi connectivity index (χ1v) is 6.59. The van der Waals surface area contributed by atoms with Gasteiger partial charge in [-0.15, -0.1) is 0 Å². The maximum absolute atomic E-state index is 12.5.